The first-order valence-electron chi connectivity index (χ1n) is 3.70. The summed E-state index contributed by atoms with van der Waals surface area (Å²) in [5.41, 5.74) is 0.667. The maximum absolute atomic E-state index is 9.98. The second-order valence-electron chi connectivity index (χ2n) is 2.11. The minimum Gasteiger partial charge on any atom is -0.298 e. The molecular formula is C9H13NO. The molecule has 0 aromatic carbocycles. The summed E-state index contributed by atoms with van der Waals surface area (Å²) >= 11 is 0. The van der Waals surface area contributed by atoms with Gasteiger partial charge in [-0.2, -0.15) is 0 Å². The van der Waals surface area contributed by atoms with Crippen molar-refractivity contribution in [1.29, 1.82) is 0 Å². The molecule has 0 aliphatic carbocycles. The number of hydrogen-bond donors (Lipinski definition) is 0. The lowest BCUT2D eigenvalue weighted by Crippen LogP contribution is -1.76. The molecule has 0 aliphatic heterocycles. The van der Waals surface area contributed by atoms with Crippen LogP contribution in [-0.2, 0) is 0 Å². The molecule has 0 unspecified atom stereocenters. The Balaban J connectivity index is 0.000000292. The molecule has 0 atom stereocenters. The third-order valence-electron chi connectivity index (χ3n) is 0.842. The quantitative estimate of drug-likeness (QED) is 0.576. The highest BCUT2D eigenvalue weighted by molar-refractivity contribution is 5.73. The van der Waals surface area contributed by atoms with Gasteiger partial charge in [-0.3, -0.25) is 9.78 Å². The van der Waals surface area contributed by atoms with Crippen LogP contribution >= 0.6 is 0 Å². The Hall–Kier alpha value is -1.18. The minimum atomic E-state index is 0.667. The number of nitrogens with zero attached hydrogens (tertiary/aromatic N) is 1. The molecule has 0 aliphatic rings. The van der Waals surface area contributed by atoms with Crippen molar-refractivity contribution in [2.45, 2.75) is 20.3 Å². The number of carbonyl (C=O) groups excluding carboxylic acids is 1. The van der Waals surface area contributed by atoms with Crippen LogP contribution in [0.5, 0.6) is 0 Å². The number of pyridine rings is 1. The molecule has 11 heavy (non-hydrogen) atoms. The van der Waals surface area contributed by atoms with Gasteiger partial charge in [0.25, 0.3) is 0 Å². The Morgan fingerprint density at radius 3 is 2.09 bits per heavy atom. The van der Waals surface area contributed by atoms with E-state index in [2.05, 4.69) is 18.8 Å². The van der Waals surface area contributed by atoms with Crippen molar-refractivity contribution in [3.8, 4) is 0 Å². The zero-order valence-electron chi connectivity index (χ0n) is 6.95. The van der Waals surface area contributed by atoms with Crippen molar-refractivity contribution in [2.24, 2.45) is 0 Å². The van der Waals surface area contributed by atoms with E-state index in [1.54, 1.807) is 24.5 Å². The van der Waals surface area contributed by atoms with Crippen LogP contribution in [0, 0.1) is 0 Å². The molecule has 0 saturated heterocycles. The number of aromatic nitrogens is 1. The SMILES string of the molecule is CCC.O=Cc1ccncc1. The fraction of sp³-hybridized carbons (Fsp3) is 0.333. The highest BCUT2D eigenvalue weighted by atomic mass is 16.1. The summed E-state index contributed by atoms with van der Waals surface area (Å²) in [6.07, 6.45) is 5.22. The third-order valence-corrected chi connectivity index (χ3v) is 0.842. The van der Waals surface area contributed by atoms with Gasteiger partial charge in [0.2, 0.25) is 0 Å². The van der Waals surface area contributed by atoms with E-state index in [0.29, 0.717) is 5.56 Å². The summed E-state index contributed by atoms with van der Waals surface area (Å²) in [5, 5.41) is 0. The standard InChI is InChI=1S/C6H5NO.C3H8/c8-5-6-1-3-7-4-2-6;1-3-2/h1-5H;3H2,1-2H3. The van der Waals surface area contributed by atoms with Gasteiger partial charge in [-0.15, -0.1) is 0 Å². The van der Waals surface area contributed by atoms with Gasteiger partial charge >= 0.3 is 0 Å². The Morgan fingerprint density at radius 2 is 1.82 bits per heavy atom. The van der Waals surface area contributed by atoms with Gasteiger partial charge in [0, 0.05) is 18.0 Å². The molecule has 2 nitrogen and oxygen atoms in total. The maximum atomic E-state index is 9.98. The molecule has 0 fully saturated rings. The van der Waals surface area contributed by atoms with Crippen molar-refractivity contribution in [3.63, 3.8) is 0 Å². The van der Waals surface area contributed by atoms with Crippen LogP contribution < -0.4 is 0 Å². The molecule has 0 amide bonds. The lowest BCUT2D eigenvalue weighted by molar-refractivity contribution is 0.112. The summed E-state index contributed by atoms with van der Waals surface area (Å²) in [6, 6.07) is 3.32. The number of carbonyl (C=O) groups is 1. The second-order valence-corrected chi connectivity index (χ2v) is 2.11. The molecule has 0 radical (unpaired) electrons. The molecule has 60 valence electrons. The molecule has 1 aromatic heterocycles. The predicted octanol–water partition coefficient (Wildman–Crippen LogP) is 2.31. The van der Waals surface area contributed by atoms with Crippen LogP contribution in [0.1, 0.15) is 30.6 Å². The zero-order chi connectivity index (χ0) is 8.53. The summed E-state index contributed by atoms with van der Waals surface area (Å²) in [6.45, 7) is 4.25. The molecule has 1 aromatic rings. The first-order valence-corrected chi connectivity index (χ1v) is 3.70. The van der Waals surface area contributed by atoms with E-state index in [4.69, 9.17) is 0 Å². The van der Waals surface area contributed by atoms with Crippen LogP contribution in [0.3, 0.4) is 0 Å². The van der Waals surface area contributed by atoms with E-state index in [9.17, 15) is 4.79 Å². The predicted molar refractivity (Wildman–Crippen MR) is 45.6 cm³/mol. The van der Waals surface area contributed by atoms with E-state index in [1.165, 1.54) is 6.42 Å². The Bertz CT molecular complexity index is 184. The zero-order valence-corrected chi connectivity index (χ0v) is 6.95. The lowest BCUT2D eigenvalue weighted by Gasteiger charge is -1.81. The normalized spacial score (nSPS) is 7.82. The van der Waals surface area contributed by atoms with Crippen LogP contribution in [-0.4, -0.2) is 11.3 Å². The maximum Gasteiger partial charge on any atom is 0.150 e. The van der Waals surface area contributed by atoms with E-state index in [-0.39, 0.29) is 0 Å². The van der Waals surface area contributed by atoms with Crippen LogP contribution in [0.15, 0.2) is 24.5 Å². The van der Waals surface area contributed by atoms with E-state index in [1.807, 2.05) is 0 Å². The average Bonchev–Trinajstić information content (AvgIpc) is 2.08. The average molecular weight is 151 g/mol. The largest absolute Gasteiger partial charge is 0.298 e. The molecule has 0 bridgehead atoms. The summed E-state index contributed by atoms with van der Waals surface area (Å²) < 4.78 is 0. The van der Waals surface area contributed by atoms with Crippen molar-refractivity contribution in [1.82, 2.24) is 4.98 Å². The van der Waals surface area contributed by atoms with Crippen LogP contribution in [0.2, 0.25) is 0 Å². The number of aldehydes is 1. The summed E-state index contributed by atoms with van der Waals surface area (Å²) in [7, 11) is 0. The van der Waals surface area contributed by atoms with Gasteiger partial charge in [0.1, 0.15) is 6.29 Å². The fourth-order valence-electron chi connectivity index (χ4n) is 0.442. The second kappa shape index (κ2) is 6.93. The lowest BCUT2D eigenvalue weighted by atomic mass is 10.3. The van der Waals surface area contributed by atoms with Crippen molar-refractivity contribution >= 4 is 6.29 Å². The summed E-state index contributed by atoms with van der Waals surface area (Å²) in [4.78, 5) is 13.7. The van der Waals surface area contributed by atoms with E-state index in [0.717, 1.165) is 6.29 Å². The van der Waals surface area contributed by atoms with E-state index >= 15 is 0 Å². The Kier molecular flexibility index (Phi) is 6.19. The van der Waals surface area contributed by atoms with Crippen molar-refractivity contribution < 1.29 is 4.79 Å². The highest BCUT2D eigenvalue weighted by Crippen LogP contribution is 1.88. The van der Waals surface area contributed by atoms with Gasteiger partial charge < -0.3 is 0 Å². The van der Waals surface area contributed by atoms with Gasteiger partial charge in [0.15, 0.2) is 0 Å². The molecular weight excluding hydrogens is 138 g/mol. The van der Waals surface area contributed by atoms with E-state index < -0.39 is 0 Å². The molecule has 1 rings (SSSR count). The number of rotatable bonds is 1. The summed E-state index contributed by atoms with van der Waals surface area (Å²) in [5.74, 6) is 0. The fourth-order valence-corrected chi connectivity index (χ4v) is 0.442. The molecule has 2 heteroatoms. The van der Waals surface area contributed by atoms with Gasteiger partial charge in [-0.05, 0) is 12.1 Å². The topological polar surface area (TPSA) is 30.0 Å². The minimum absolute atomic E-state index is 0.667. The van der Waals surface area contributed by atoms with Crippen LogP contribution in [0.25, 0.3) is 0 Å². The van der Waals surface area contributed by atoms with Gasteiger partial charge in [-0.1, -0.05) is 20.3 Å². The monoisotopic (exact) mass is 151 g/mol. The first-order chi connectivity index (χ1) is 5.35. The number of hydrogen-bond acceptors (Lipinski definition) is 2. The van der Waals surface area contributed by atoms with Gasteiger partial charge in [0.05, 0.1) is 0 Å². The molecule has 1 heterocycles. The molecule has 0 saturated carbocycles. The van der Waals surface area contributed by atoms with Gasteiger partial charge in [-0.25, -0.2) is 0 Å². The molecule has 0 spiro atoms. The third kappa shape index (κ3) is 5.27. The van der Waals surface area contributed by atoms with Crippen molar-refractivity contribution in [2.75, 3.05) is 0 Å². The van der Waals surface area contributed by atoms with Crippen molar-refractivity contribution in [3.05, 3.63) is 30.1 Å². The smallest absolute Gasteiger partial charge is 0.150 e. The Morgan fingerprint density at radius 1 is 1.36 bits per heavy atom. The molecule has 0 N–H and O–H groups in total. The highest BCUT2D eigenvalue weighted by Gasteiger charge is 1.80. The first kappa shape index (κ1) is 9.82. The Labute approximate surface area is 67.3 Å². The van der Waals surface area contributed by atoms with Crippen LogP contribution in [0.4, 0.5) is 0 Å².